The van der Waals surface area contributed by atoms with Gasteiger partial charge in [0.1, 0.15) is 5.60 Å². The van der Waals surface area contributed by atoms with Gasteiger partial charge in [-0.15, -0.1) is 0 Å². The summed E-state index contributed by atoms with van der Waals surface area (Å²) in [5, 5.41) is 0. The Balaban J connectivity index is 1.98. The first kappa shape index (κ1) is 12.8. The summed E-state index contributed by atoms with van der Waals surface area (Å²) in [7, 11) is 0. The minimum atomic E-state index is -0.201. The van der Waals surface area contributed by atoms with Crippen LogP contribution in [0.1, 0.15) is 25.0 Å². The standard InChI is InChI=1S/C16H18N2O2/c1-10-7-8-18-15(13(10)17)19-12-6-4-5-11-9-16(2,3)20-14(11)12/h4-8H,9,17H2,1-3H3. The minimum absolute atomic E-state index is 0.201. The van der Waals surface area contributed by atoms with Crippen LogP contribution in [0, 0.1) is 6.92 Å². The highest BCUT2D eigenvalue weighted by atomic mass is 16.5. The van der Waals surface area contributed by atoms with E-state index in [2.05, 4.69) is 24.9 Å². The molecule has 0 spiro atoms. The Morgan fingerprint density at radius 2 is 2.10 bits per heavy atom. The first-order valence-electron chi connectivity index (χ1n) is 6.66. The third-order valence-corrected chi connectivity index (χ3v) is 3.43. The Bertz CT molecular complexity index is 666. The van der Waals surface area contributed by atoms with E-state index in [1.807, 2.05) is 25.1 Å². The Morgan fingerprint density at radius 3 is 2.90 bits per heavy atom. The highest BCUT2D eigenvalue weighted by molar-refractivity contribution is 5.57. The maximum Gasteiger partial charge on any atom is 0.243 e. The molecule has 3 rings (SSSR count). The predicted molar refractivity (Wildman–Crippen MR) is 78.3 cm³/mol. The van der Waals surface area contributed by atoms with Gasteiger partial charge in [0, 0.05) is 18.2 Å². The van der Waals surface area contributed by atoms with Gasteiger partial charge in [-0.25, -0.2) is 4.98 Å². The molecule has 20 heavy (non-hydrogen) atoms. The number of nitrogens with two attached hydrogens (primary N) is 1. The first-order chi connectivity index (χ1) is 9.46. The van der Waals surface area contributed by atoms with Crippen molar-refractivity contribution in [1.29, 1.82) is 0 Å². The van der Waals surface area contributed by atoms with Gasteiger partial charge in [0.05, 0.1) is 5.69 Å². The molecule has 104 valence electrons. The molecule has 4 heteroatoms. The highest BCUT2D eigenvalue weighted by Gasteiger charge is 2.32. The molecule has 0 unspecified atom stereocenters. The number of para-hydroxylation sites is 1. The molecule has 4 nitrogen and oxygen atoms in total. The van der Waals surface area contributed by atoms with Gasteiger partial charge in [0.25, 0.3) is 0 Å². The summed E-state index contributed by atoms with van der Waals surface area (Å²) in [6.45, 7) is 6.06. The Kier molecular flexibility index (Phi) is 2.82. The molecule has 1 aliphatic heterocycles. The van der Waals surface area contributed by atoms with Crippen LogP contribution in [-0.4, -0.2) is 10.6 Å². The second kappa shape index (κ2) is 4.40. The second-order valence-electron chi connectivity index (χ2n) is 5.73. The van der Waals surface area contributed by atoms with Crippen molar-refractivity contribution in [2.45, 2.75) is 32.8 Å². The molecule has 0 radical (unpaired) electrons. The zero-order chi connectivity index (χ0) is 14.3. The van der Waals surface area contributed by atoms with Crippen LogP contribution in [-0.2, 0) is 6.42 Å². The lowest BCUT2D eigenvalue weighted by Gasteiger charge is -2.18. The third kappa shape index (κ3) is 2.18. The maximum atomic E-state index is 6.00. The fourth-order valence-electron chi connectivity index (χ4n) is 2.40. The molecular formula is C16H18N2O2. The number of fused-ring (bicyclic) bond motifs is 1. The monoisotopic (exact) mass is 270 g/mol. The van der Waals surface area contributed by atoms with Crippen LogP contribution in [0.15, 0.2) is 30.5 Å². The molecule has 0 saturated heterocycles. The summed E-state index contributed by atoms with van der Waals surface area (Å²) < 4.78 is 11.8. The predicted octanol–water partition coefficient (Wildman–Crippen LogP) is 3.48. The number of aromatic nitrogens is 1. The highest BCUT2D eigenvalue weighted by Crippen LogP contribution is 2.43. The molecule has 2 N–H and O–H groups in total. The summed E-state index contributed by atoms with van der Waals surface area (Å²) >= 11 is 0. The molecule has 0 bridgehead atoms. The van der Waals surface area contributed by atoms with Crippen molar-refractivity contribution in [2.75, 3.05) is 5.73 Å². The van der Waals surface area contributed by atoms with Gasteiger partial charge >= 0.3 is 0 Å². The summed E-state index contributed by atoms with van der Waals surface area (Å²) in [4.78, 5) is 4.19. The fraction of sp³-hybridized carbons (Fsp3) is 0.312. The normalized spacial score (nSPS) is 15.6. The van der Waals surface area contributed by atoms with Gasteiger partial charge in [-0.2, -0.15) is 0 Å². The van der Waals surface area contributed by atoms with Crippen molar-refractivity contribution in [3.05, 3.63) is 41.6 Å². The van der Waals surface area contributed by atoms with Crippen LogP contribution in [0.5, 0.6) is 17.4 Å². The van der Waals surface area contributed by atoms with Gasteiger partial charge in [-0.1, -0.05) is 12.1 Å². The van der Waals surface area contributed by atoms with Crippen molar-refractivity contribution in [2.24, 2.45) is 0 Å². The summed E-state index contributed by atoms with van der Waals surface area (Å²) in [6.07, 6.45) is 2.56. The van der Waals surface area contributed by atoms with Gasteiger partial charge in [0.2, 0.25) is 5.88 Å². The van der Waals surface area contributed by atoms with Crippen LogP contribution in [0.2, 0.25) is 0 Å². The summed E-state index contributed by atoms with van der Waals surface area (Å²) in [5.74, 6) is 1.88. The lowest BCUT2D eigenvalue weighted by atomic mass is 10.0. The fourth-order valence-corrected chi connectivity index (χ4v) is 2.40. The van der Waals surface area contributed by atoms with Gasteiger partial charge in [0.15, 0.2) is 11.5 Å². The molecule has 1 aromatic heterocycles. The van der Waals surface area contributed by atoms with Crippen molar-refractivity contribution in [3.8, 4) is 17.4 Å². The zero-order valence-corrected chi connectivity index (χ0v) is 11.9. The summed E-state index contributed by atoms with van der Waals surface area (Å²) in [6, 6.07) is 7.76. The van der Waals surface area contributed by atoms with E-state index in [4.69, 9.17) is 15.2 Å². The van der Waals surface area contributed by atoms with E-state index in [-0.39, 0.29) is 5.60 Å². The molecular weight excluding hydrogens is 252 g/mol. The molecule has 0 saturated carbocycles. The van der Waals surface area contributed by atoms with E-state index in [1.165, 1.54) is 0 Å². The number of pyridine rings is 1. The number of hydrogen-bond acceptors (Lipinski definition) is 4. The van der Waals surface area contributed by atoms with E-state index in [0.717, 1.165) is 23.3 Å². The number of anilines is 1. The Morgan fingerprint density at radius 1 is 1.30 bits per heavy atom. The summed E-state index contributed by atoms with van der Waals surface area (Å²) in [5.41, 5.74) is 8.46. The number of rotatable bonds is 2. The van der Waals surface area contributed by atoms with Crippen molar-refractivity contribution < 1.29 is 9.47 Å². The molecule has 0 amide bonds. The van der Waals surface area contributed by atoms with Crippen LogP contribution in [0.3, 0.4) is 0 Å². The van der Waals surface area contributed by atoms with E-state index in [9.17, 15) is 0 Å². The van der Waals surface area contributed by atoms with Crippen LogP contribution < -0.4 is 15.2 Å². The van der Waals surface area contributed by atoms with E-state index < -0.39 is 0 Å². The molecule has 1 aromatic carbocycles. The van der Waals surface area contributed by atoms with Crippen LogP contribution in [0.4, 0.5) is 5.69 Å². The lowest BCUT2D eigenvalue weighted by molar-refractivity contribution is 0.135. The van der Waals surface area contributed by atoms with E-state index in [0.29, 0.717) is 17.3 Å². The number of hydrogen-bond donors (Lipinski definition) is 1. The number of aryl methyl sites for hydroxylation is 1. The molecule has 1 aliphatic rings. The number of nitrogen functional groups attached to an aromatic ring is 1. The molecule has 2 aromatic rings. The van der Waals surface area contributed by atoms with Crippen molar-refractivity contribution >= 4 is 5.69 Å². The molecule has 0 atom stereocenters. The smallest absolute Gasteiger partial charge is 0.243 e. The second-order valence-corrected chi connectivity index (χ2v) is 5.73. The van der Waals surface area contributed by atoms with Gasteiger partial charge < -0.3 is 15.2 Å². The molecule has 0 fully saturated rings. The van der Waals surface area contributed by atoms with Gasteiger partial charge in [-0.3, -0.25) is 0 Å². The number of benzene rings is 1. The molecule has 0 aliphatic carbocycles. The van der Waals surface area contributed by atoms with E-state index in [1.54, 1.807) is 6.20 Å². The Labute approximate surface area is 118 Å². The van der Waals surface area contributed by atoms with E-state index >= 15 is 0 Å². The number of nitrogens with zero attached hydrogens (tertiary/aromatic N) is 1. The quantitative estimate of drug-likeness (QED) is 0.907. The largest absolute Gasteiger partial charge is 0.483 e. The molecule has 2 heterocycles. The minimum Gasteiger partial charge on any atom is -0.483 e. The van der Waals surface area contributed by atoms with Gasteiger partial charge in [-0.05, 0) is 38.5 Å². The van der Waals surface area contributed by atoms with Crippen molar-refractivity contribution in [1.82, 2.24) is 4.98 Å². The van der Waals surface area contributed by atoms with Crippen LogP contribution >= 0.6 is 0 Å². The SMILES string of the molecule is Cc1ccnc(Oc2cccc3c2OC(C)(C)C3)c1N. The first-order valence-corrected chi connectivity index (χ1v) is 6.66. The lowest BCUT2D eigenvalue weighted by Crippen LogP contribution is -2.24. The zero-order valence-electron chi connectivity index (χ0n) is 11.9. The maximum absolute atomic E-state index is 6.00. The number of ether oxygens (including phenoxy) is 2. The Hall–Kier alpha value is -2.23. The van der Waals surface area contributed by atoms with Crippen molar-refractivity contribution in [3.63, 3.8) is 0 Å². The topological polar surface area (TPSA) is 57.4 Å². The average Bonchev–Trinajstić information content (AvgIpc) is 2.70. The third-order valence-electron chi connectivity index (χ3n) is 3.43. The average molecular weight is 270 g/mol. The van der Waals surface area contributed by atoms with Crippen LogP contribution in [0.25, 0.3) is 0 Å².